The standard InChI is InChI=1S/C18H19ClFN3O2/c1-12-21-9-13(10-22-12)18(5-7-25-8-6-18)11-23-17(24)14-3-2-4-15(20)16(14)19/h2-4,9-10H,5-8,11H2,1H3,(H,23,24). The molecule has 1 N–H and O–H groups in total. The number of nitrogens with zero attached hydrogens (tertiary/aromatic N) is 2. The number of aromatic nitrogens is 2. The molecule has 1 saturated heterocycles. The highest BCUT2D eigenvalue weighted by molar-refractivity contribution is 6.34. The fourth-order valence-corrected chi connectivity index (χ4v) is 3.23. The smallest absolute Gasteiger partial charge is 0.252 e. The minimum Gasteiger partial charge on any atom is -0.381 e. The van der Waals surface area contributed by atoms with E-state index in [1.54, 1.807) is 12.4 Å². The predicted octanol–water partition coefficient (Wildman–Crippen LogP) is 3.06. The van der Waals surface area contributed by atoms with Crippen molar-refractivity contribution in [2.45, 2.75) is 25.2 Å². The van der Waals surface area contributed by atoms with E-state index < -0.39 is 11.7 Å². The molecule has 1 amide bonds. The van der Waals surface area contributed by atoms with E-state index in [1.807, 2.05) is 6.92 Å². The molecule has 132 valence electrons. The van der Waals surface area contributed by atoms with Gasteiger partial charge in [-0.15, -0.1) is 0 Å². The van der Waals surface area contributed by atoms with Crippen LogP contribution in [0.4, 0.5) is 4.39 Å². The molecule has 3 rings (SSSR count). The third kappa shape index (κ3) is 3.80. The molecule has 0 bridgehead atoms. The largest absolute Gasteiger partial charge is 0.381 e. The van der Waals surface area contributed by atoms with Crippen LogP contribution in [-0.2, 0) is 10.2 Å². The van der Waals surface area contributed by atoms with Crippen LogP contribution in [-0.4, -0.2) is 35.6 Å². The molecule has 0 spiro atoms. The zero-order chi connectivity index (χ0) is 17.9. The number of hydrogen-bond donors (Lipinski definition) is 1. The van der Waals surface area contributed by atoms with Crippen LogP contribution in [0.3, 0.4) is 0 Å². The van der Waals surface area contributed by atoms with Gasteiger partial charge < -0.3 is 10.1 Å². The molecule has 0 aliphatic carbocycles. The number of carbonyl (C=O) groups is 1. The number of hydrogen-bond acceptors (Lipinski definition) is 4. The number of halogens is 2. The molecule has 1 aromatic carbocycles. The van der Waals surface area contributed by atoms with Crippen LogP contribution in [0.25, 0.3) is 0 Å². The van der Waals surface area contributed by atoms with Gasteiger partial charge in [0.2, 0.25) is 0 Å². The Hall–Kier alpha value is -2.05. The van der Waals surface area contributed by atoms with Crippen molar-refractivity contribution in [2.24, 2.45) is 0 Å². The Morgan fingerprint density at radius 2 is 2.00 bits per heavy atom. The van der Waals surface area contributed by atoms with E-state index in [4.69, 9.17) is 16.3 Å². The number of aryl methyl sites for hydroxylation is 1. The summed E-state index contributed by atoms with van der Waals surface area (Å²) >= 11 is 5.90. The van der Waals surface area contributed by atoms with Crippen LogP contribution in [0.15, 0.2) is 30.6 Å². The molecule has 0 saturated carbocycles. The van der Waals surface area contributed by atoms with Gasteiger partial charge in [-0.3, -0.25) is 4.79 Å². The summed E-state index contributed by atoms with van der Waals surface area (Å²) < 4.78 is 19.0. The van der Waals surface area contributed by atoms with Gasteiger partial charge in [0.05, 0.1) is 10.6 Å². The first-order valence-electron chi connectivity index (χ1n) is 8.11. The molecule has 0 radical (unpaired) electrons. The average Bonchev–Trinajstić information content (AvgIpc) is 2.63. The summed E-state index contributed by atoms with van der Waals surface area (Å²) in [6, 6.07) is 4.20. The first kappa shape index (κ1) is 17.8. The van der Waals surface area contributed by atoms with Gasteiger partial charge in [0.25, 0.3) is 5.91 Å². The molecule has 0 atom stereocenters. The molecule has 1 fully saturated rings. The van der Waals surface area contributed by atoms with Crippen molar-refractivity contribution in [2.75, 3.05) is 19.8 Å². The van der Waals surface area contributed by atoms with Crippen molar-refractivity contribution in [3.63, 3.8) is 0 Å². The Morgan fingerprint density at radius 3 is 2.68 bits per heavy atom. The zero-order valence-electron chi connectivity index (χ0n) is 13.9. The Kier molecular flexibility index (Phi) is 5.30. The second kappa shape index (κ2) is 7.45. The summed E-state index contributed by atoms with van der Waals surface area (Å²) in [7, 11) is 0. The first-order valence-corrected chi connectivity index (χ1v) is 8.49. The minimum atomic E-state index is -0.609. The summed E-state index contributed by atoms with van der Waals surface area (Å²) in [5.74, 6) is -0.313. The molecule has 1 aliphatic rings. The highest BCUT2D eigenvalue weighted by atomic mass is 35.5. The van der Waals surface area contributed by atoms with Gasteiger partial charge in [0.15, 0.2) is 0 Å². The summed E-state index contributed by atoms with van der Waals surface area (Å²) in [6.07, 6.45) is 5.09. The van der Waals surface area contributed by atoms with Crippen LogP contribution < -0.4 is 5.32 Å². The number of rotatable bonds is 4. The maximum absolute atomic E-state index is 13.6. The first-order chi connectivity index (χ1) is 12.0. The van der Waals surface area contributed by atoms with Gasteiger partial charge in [-0.1, -0.05) is 17.7 Å². The third-order valence-corrected chi connectivity index (χ3v) is 5.01. The maximum atomic E-state index is 13.6. The van der Waals surface area contributed by atoms with Gasteiger partial charge in [-0.2, -0.15) is 0 Å². The van der Waals surface area contributed by atoms with Crippen molar-refractivity contribution in [3.05, 3.63) is 58.4 Å². The van der Waals surface area contributed by atoms with Crippen LogP contribution in [0.5, 0.6) is 0 Å². The lowest BCUT2D eigenvalue weighted by Gasteiger charge is -2.37. The molecule has 7 heteroatoms. The number of ether oxygens (including phenoxy) is 1. The second-order valence-corrected chi connectivity index (χ2v) is 6.57. The Labute approximate surface area is 150 Å². The lowest BCUT2D eigenvalue weighted by Crippen LogP contribution is -2.44. The predicted molar refractivity (Wildman–Crippen MR) is 92.2 cm³/mol. The van der Waals surface area contributed by atoms with Crippen molar-refractivity contribution in [1.82, 2.24) is 15.3 Å². The maximum Gasteiger partial charge on any atom is 0.252 e. The zero-order valence-corrected chi connectivity index (χ0v) is 14.6. The summed E-state index contributed by atoms with van der Waals surface area (Å²) in [5.41, 5.74) is 0.789. The Morgan fingerprint density at radius 1 is 1.32 bits per heavy atom. The Bertz CT molecular complexity index is 761. The van der Waals surface area contributed by atoms with E-state index in [2.05, 4.69) is 15.3 Å². The molecule has 2 aromatic rings. The fraction of sp³-hybridized carbons (Fsp3) is 0.389. The quantitative estimate of drug-likeness (QED) is 0.906. The SMILES string of the molecule is Cc1ncc(C2(CNC(=O)c3cccc(F)c3Cl)CCOCC2)cn1. The van der Waals surface area contributed by atoms with Crippen LogP contribution in [0.2, 0.25) is 5.02 Å². The highest BCUT2D eigenvalue weighted by Gasteiger charge is 2.35. The number of nitrogens with one attached hydrogen (secondary N) is 1. The number of amides is 1. The Balaban J connectivity index is 1.80. The average molecular weight is 364 g/mol. The summed E-state index contributed by atoms with van der Waals surface area (Å²) in [6.45, 7) is 3.41. The lowest BCUT2D eigenvalue weighted by atomic mass is 9.75. The molecule has 0 unspecified atom stereocenters. The second-order valence-electron chi connectivity index (χ2n) is 6.20. The monoisotopic (exact) mass is 363 g/mol. The van der Waals surface area contributed by atoms with E-state index in [-0.39, 0.29) is 16.0 Å². The van der Waals surface area contributed by atoms with E-state index in [1.165, 1.54) is 18.2 Å². The number of carbonyl (C=O) groups excluding carboxylic acids is 1. The van der Waals surface area contributed by atoms with Crippen LogP contribution >= 0.6 is 11.6 Å². The van der Waals surface area contributed by atoms with Gasteiger partial charge in [-0.25, -0.2) is 14.4 Å². The summed E-state index contributed by atoms with van der Waals surface area (Å²) in [5, 5.41) is 2.72. The van der Waals surface area contributed by atoms with Crippen molar-refractivity contribution in [1.29, 1.82) is 0 Å². The third-order valence-electron chi connectivity index (χ3n) is 4.63. The number of benzene rings is 1. The van der Waals surface area contributed by atoms with Gasteiger partial charge >= 0.3 is 0 Å². The molecule has 25 heavy (non-hydrogen) atoms. The normalized spacial score (nSPS) is 16.4. The van der Waals surface area contributed by atoms with Crippen molar-refractivity contribution >= 4 is 17.5 Å². The van der Waals surface area contributed by atoms with E-state index in [0.29, 0.717) is 25.6 Å². The van der Waals surface area contributed by atoms with E-state index in [9.17, 15) is 9.18 Å². The molecule has 1 aromatic heterocycles. The van der Waals surface area contributed by atoms with Crippen LogP contribution in [0.1, 0.15) is 34.6 Å². The molecule has 5 nitrogen and oxygen atoms in total. The van der Waals surface area contributed by atoms with Gasteiger partial charge in [0, 0.05) is 37.6 Å². The molecule has 2 heterocycles. The minimum absolute atomic E-state index is 0.129. The lowest BCUT2D eigenvalue weighted by molar-refractivity contribution is 0.0484. The summed E-state index contributed by atoms with van der Waals surface area (Å²) in [4.78, 5) is 21.0. The highest BCUT2D eigenvalue weighted by Crippen LogP contribution is 2.34. The van der Waals surface area contributed by atoms with Crippen LogP contribution in [0, 0.1) is 12.7 Å². The topological polar surface area (TPSA) is 64.1 Å². The van der Waals surface area contributed by atoms with Crippen molar-refractivity contribution < 1.29 is 13.9 Å². The molecular formula is C18H19ClFN3O2. The van der Waals surface area contributed by atoms with E-state index >= 15 is 0 Å². The van der Waals surface area contributed by atoms with Crippen molar-refractivity contribution in [3.8, 4) is 0 Å². The molecular weight excluding hydrogens is 345 g/mol. The molecule has 1 aliphatic heterocycles. The fourth-order valence-electron chi connectivity index (χ4n) is 3.02. The van der Waals surface area contributed by atoms with Gasteiger partial charge in [-0.05, 0) is 37.5 Å². The van der Waals surface area contributed by atoms with E-state index in [0.717, 1.165) is 18.4 Å². The van der Waals surface area contributed by atoms with Gasteiger partial charge in [0.1, 0.15) is 11.6 Å².